The molecule has 0 amide bonds. The number of carbonyl (C=O) groups is 1. The fourth-order valence-electron chi connectivity index (χ4n) is 3.16. The molecule has 0 aliphatic heterocycles. The van der Waals surface area contributed by atoms with Gasteiger partial charge in [0.2, 0.25) is 0 Å². The summed E-state index contributed by atoms with van der Waals surface area (Å²) < 4.78 is 2.19. The molecule has 19 heavy (non-hydrogen) atoms. The lowest BCUT2D eigenvalue weighted by Gasteiger charge is -2.21. The van der Waals surface area contributed by atoms with Crippen LogP contribution in [-0.4, -0.2) is 20.6 Å². The molecule has 1 aliphatic rings. The molecule has 1 saturated carbocycles. The minimum absolute atomic E-state index is 0.297. The van der Waals surface area contributed by atoms with Gasteiger partial charge in [-0.25, -0.2) is 9.78 Å². The highest BCUT2D eigenvalue weighted by Crippen LogP contribution is 2.35. The van der Waals surface area contributed by atoms with E-state index in [-0.39, 0.29) is 0 Å². The van der Waals surface area contributed by atoms with Crippen molar-refractivity contribution in [1.82, 2.24) is 9.55 Å². The minimum Gasteiger partial charge on any atom is -0.478 e. The van der Waals surface area contributed by atoms with Gasteiger partial charge in [-0.05, 0) is 43.9 Å². The lowest BCUT2D eigenvalue weighted by Crippen LogP contribution is -2.13. The summed E-state index contributed by atoms with van der Waals surface area (Å²) in [6.07, 6.45) is 7.07. The Morgan fingerprint density at radius 2 is 2.16 bits per heavy atom. The van der Waals surface area contributed by atoms with Gasteiger partial charge in [-0.1, -0.05) is 12.8 Å². The number of imidazole rings is 1. The average Bonchev–Trinajstić information content (AvgIpc) is 3.06. The summed E-state index contributed by atoms with van der Waals surface area (Å²) >= 11 is 0. The third-order valence-electron chi connectivity index (χ3n) is 4.34. The lowest BCUT2D eigenvalue weighted by molar-refractivity contribution is 0.0697. The zero-order valence-electron chi connectivity index (χ0n) is 11.0. The van der Waals surface area contributed by atoms with Gasteiger partial charge in [-0.15, -0.1) is 0 Å². The maximum atomic E-state index is 11.0. The normalized spacial score (nSPS) is 17.9. The van der Waals surface area contributed by atoms with Crippen molar-refractivity contribution in [3.05, 3.63) is 30.1 Å². The first-order chi connectivity index (χ1) is 9.16. The van der Waals surface area contributed by atoms with Crippen LogP contribution in [0.3, 0.4) is 0 Å². The summed E-state index contributed by atoms with van der Waals surface area (Å²) in [4.78, 5) is 15.3. The van der Waals surface area contributed by atoms with Gasteiger partial charge >= 0.3 is 5.97 Å². The van der Waals surface area contributed by atoms with Gasteiger partial charge in [-0.2, -0.15) is 0 Å². The van der Waals surface area contributed by atoms with Crippen molar-refractivity contribution < 1.29 is 9.90 Å². The van der Waals surface area contributed by atoms with Crippen molar-refractivity contribution in [3.8, 4) is 0 Å². The van der Waals surface area contributed by atoms with Gasteiger partial charge in [0.1, 0.15) is 0 Å². The number of rotatable bonds is 3. The Hall–Kier alpha value is -1.84. The van der Waals surface area contributed by atoms with Gasteiger partial charge in [0, 0.05) is 6.04 Å². The number of carboxylic acid groups (broad SMARTS) is 1. The van der Waals surface area contributed by atoms with E-state index in [9.17, 15) is 4.79 Å². The highest BCUT2D eigenvalue weighted by Gasteiger charge is 2.23. The Balaban J connectivity index is 1.98. The number of carboxylic acids is 1. The molecule has 3 rings (SSSR count). The number of hydrogen-bond acceptors (Lipinski definition) is 2. The van der Waals surface area contributed by atoms with E-state index in [1.165, 1.54) is 25.7 Å². The van der Waals surface area contributed by atoms with Crippen LogP contribution in [0.2, 0.25) is 0 Å². The average molecular weight is 258 g/mol. The van der Waals surface area contributed by atoms with Crippen molar-refractivity contribution in [2.75, 3.05) is 0 Å². The molecular formula is C15H18N2O2. The molecule has 4 heteroatoms. The van der Waals surface area contributed by atoms with Crippen LogP contribution in [0.15, 0.2) is 24.5 Å². The van der Waals surface area contributed by atoms with E-state index in [0.717, 1.165) is 17.0 Å². The molecular weight excluding hydrogens is 240 g/mol. The fraction of sp³-hybridized carbons (Fsp3) is 0.467. The van der Waals surface area contributed by atoms with Gasteiger partial charge in [0.05, 0.1) is 22.9 Å². The molecule has 1 heterocycles. The van der Waals surface area contributed by atoms with Crippen LogP contribution in [0.4, 0.5) is 0 Å². The highest BCUT2D eigenvalue weighted by atomic mass is 16.4. The largest absolute Gasteiger partial charge is 0.478 e. The van der Waals surface area contributed by atoms with Gasteiger partial charge in [-0.3, -0.25) is 0 Å². The van der Waals surface area contributed by atoms with E-state index < -0.39 is 5.97 Å². The topological polar surface area (TPSA) is 55.1 Å². The molecule has 0 bridgehead atoms. The maximum Gasteiger partial charge on any atom is 0.335 e. The Morgan fingerprint density at radius 3 is 2.84 bits per heavy atom. The first-order valence-electron chi connectivity index (χ1n) is 6.86. The molecule has 1 aliphatic carbocycles. The van der Waals surface area contributed by atoms with Crippen LogP contribution in [0, 0.1) is 5.92 Å². The summed E-state index contributed by atoms with van der Waals surface area (Å²) in [6.45, 7) is 2.24. The van der Waals surface area contributed by atoms with Gasteiger partial charge in [0.15, 0.2) is 0 Å². The second-order valence-corrected chi connectivity index (χ2v) is 5.45. The van der Waals surface area contributed by atoms with Gasteiger partial charge in [0.25, 0.3) is 0 Å². The number of fused-ring (bicyclic) bond motifs is 1. The molecule has 2 aromatic rings. The second kappa shape index (κ2) is 4.68. The third kappa shape index (κ3) is 2.11. The third-order valence-corrected chi connectivity index (χ3v) is 4.34. The highest BCUT2D eigenvalue weighted by molar-refractivity contribution is 5.92. The Bertz CT molecular complexity index is 612. The monoisotopic (exact) mass is 258 g/mol. The van der Waals surface area contributed by atoms with Crippen LogP contribution in [0.1, 0.15) is 49.0 Å². The molecule has 1 unspecified atom stereocenters. The minimum atomic E-state index is -0.903. The summed E-state index contributed by atoms with van der Waals surface area (Å²) in [5, 5.41) is 9.00. The maximum absolute atomic E-state index is 11.0. The molecule has 100 valence electrons. The molecule has 1 N–H and O–H groups in total. The molecule has 1 atom stereocenters. The van der Waals surface area contributed by atoms with E-state index in [2.05, 4.69) is 16.5 Å². The molecule has 1 aromatic heterocycles. The number of nitrogens with zero attached hydrogens (tertiary/aromatic N) is 2. The van der Waals surface area contributed by atoms with E-state index >= 15 is 0 Å². The summed E-state index contributed by atoms with van der Waals surface area (Å²) in [7, 11) is 0. The summed E-state index contributed by atoms with van der Waals surface area (Å²) in [6, 6.07) is 5.61. The van der Waals surface area contributed by atoms with Crippen LogP contribution in [0.5, 0.6) is 0 Å². The van der Waals surface area contributed by atoms with Crippen LogP contribution >= 0.6 is 0 Å². The van der Waals surface area contributed by atoms with Crippen LogP contribution in [-0.2, 0) is 0 Å². The molecule has 4 nitrogen and oxygen atoms in total. The predicted molar refractivity (Wildman–Crippen MR) is 73.4 cm³/mol. The SMILES string of the molecule is CC(C1CCCC1)n1cnc2cc(C(=O)O)ccc21. The van der Waals surface area contributed by atoms with E-state index in [1.807, 2.05) is 12.4 Å². The Kier molecular flexibility index (Phi) is 3.01. The molecule has 1 aromatic carbocycles. The predicted octanol–water partition coefficient (Wildman–Crippen LogP) is 3.49. The first kappa shape index (κ1) is 12.2. The van der Waals surface area contributed by atoms with Crippen molar-refractivity contribution >= 4 is 17.0 Å². The van der Waals surface area contributed by atoms with Crippen molar-refractivity contribution in [3.63, 3.8) is 0 Å². The second-order valence-electron chi connectivity index (χ2n) is 5.45. The van der Waals surface area contributed by atoms with Crippen LogP contribution in [0.25, 0.3) is 11.0 Å². The lowest BCUT2D eigenvalue weighted by atomic mass is 9.99. The quantitative estimate of drug-likeness (QED) is 0.916. The van der Waals surface area contributed by atoms with Crippen molar-refractivity contribution in [2.45, 2.75) is 38.6 Å². The molecule has 0 radical (unpaired) electrons. The Morgan fingerprint density at radius 1 is 1.42 bits per heavy atom. The fourth-order valence-corrected chi connectivity index (χ4v) is 3.16. The van der Waals surface area contributed by atoms with Crippen LogP contribution < -0.4 is 0 Å². The zero-order chi connectivity index (χ0) is 13.4. The number of hydrogen-bond donors (Lipinski definition) is 1. The Labute approximate surface area is 112 Å². The molecule has 0 spiro atoms. The van der Waals surface area contributed by atoms with Gasteiger partial charge < -0.3 is 9.67 Å². The van der Waals surface area contributed by atoms with E-state index in [4.69, 9.17) is 5.11 Å². The standard InChI is InChI=1S/C15H18N2O2/c1-10(11-4-2-3-5-11)17-9-16-13-8-12(15(18)19)6-7-14(13)17/h6-11H,2-5H2,1H3,(H,18,19). The number of aromatic carboxylic acids is 1. The summed E-state index contributed by atoms with van der Waals surface area (Å²) in [5.41, 5.74) is 2.10. The molecule has 1 fully saturated rings. The number of aromatic nitrogens is 2. The molecule has 0 saturated heterocycles. The van der Waals surface area contributed by atoms with E-state index in [0.29, 0.717) is 11.6 Å². The van der Waals surface area contributed by atoms with E-state index in [1.54, 1.807) is 12.1 Å². The summed E-state index contributed by atoms with van der Waals surface area (Å²) in [5.74, 6) is -0.183. The zero-order valence-corrected chi connectivity index (χ0v) is 11.0. The first-order valence-corrected chi connectivity index (χ1v) is 6.86. The van der Waals surface area contributed by atoms with Crippen molar-refractivity contribution in [1.29, 1.82) is 0 Å². The number of benzene rings is 1. The van der Waals surface area contributed by atoms with Crippen molar-refractivity contribution in [2.24, 2.45) is 5.92 Å². The smallest absolute Gasteiger partial charge is 0.335 e.